The van der Waals surface area contributed by atoms with E-state index in [4.69, 9.17) is 10.5 Å². The molecule has 2 rings (SSSR count). The number of aryl methyl sites for hydroxylation is 1. The van der Waals surface area contributed by atoms with Crippen molar-refractivity contribution < 1.29 is 9.66 Å². The molecule has 1 aromatic carbocycles. The zero-order valence-electron chi connectivity index (χ0n) is 9.53. The Morgan fingerprint density at radius 1 is 1.44 bits per heavy atom. The van der Waals surface area contributed by atoms with E-state index >= 15 is 0 Å². The second-order valence-electron chi connectivity index (χ2n) is 3.57. The normalized spacial score (nSPS) is 10.1. The summed E-state index contributed by atoms with van der Waals surface area (Å²) in [6, 6.07) is 5.84. The van der Waals surface area contributed by atoms with E-state index in [1.165, 1.54) is 24.4 Å². The highest BCUT2D eigenvalue weighted by atomic mass is 16.6. The first-order valence-electron chi connectivity index (χ1n) is 5.07. The maximum atomic E-state index is 10.6. The molecule has 0 fully saturated rings. The summed E-state index contributed by atoms with van der Waals surface area (Å²) in [7, 11) is 0. The van der Waals surface area contributed by atoms with E-state index in [1.807, 2.05) is 0 Å². The highest BCUT2D eigenvalue weighted by molar-refractivity contribution is 5.41. The number of nitro groups is 1. The van der Waals surface area contributed by atoms with Gasteiger partial charge in [0.05, 0.1) is 11.0 Å². The van der Waals surface area contributed by atoms with Crippen molar-refractivity contribution in [1.82, 2.24) is 9.97 Å². The second-order valence-corrected chi connectivity index (χ2v) is 3.57. The Bertz CT molecular complexity index is 601. The van der Waals surface area contributed by atoms with Crippen molar-refractivity contribution in [3.63, 3.8) is 0 Å². The number of nitrogen functional groups attached to an aromatic ring is 1. The van der Waals surface area contributed by atoms with Gasteiger partial charge in [-0.15, -0.1) is 0 Å². The smallest absolute Gasteiger partial charge is 0.273 e. The first kappa shape index (κ1) is 11.8. The van der Waals surface area contributed by atoms with Crippen molar-refractivity contribution in [3.8, 4) is 11.6 Å². The van der Waals surface area contributed by atoms with E-state index in [-0.39, 0.29) is 17.5 Å². The van der Waals surface area contributed by atoms with Gasteiger partial charge >= 0.3 is 0 Å². The molecule has 0 aliphatic rings. The summed E-state index contributed by atoms with van der Waals surface area (Å²) in [5, 5.41) is 10.6. The van der Waals surface area contributed by atoms with Crippen LogP contribution in [0.4, 0.5) is 11.6 Å². The van der Waals surface area contributed by atoms with Crippen LogP contribution in [0.5, 0.6) is 11.6 Å². The molecular formula is C11H10N4O3. The zero-order valence-corrected chi connectivity index (χ0v) is 9.53. The lowest BCUT2D eigenvalue weighted by Gasteiger charge is -2.07. The molecule has 0 spiro atoms. The Morgan fingerprint density at radius 3 is 2.94 bits per heavy atom. The van der Waals surface area contributed by atoms with Crippen molar-refractivity contribution in [2.24, 2.45) is 0 Å². The molecule has 0 atom stereocenters. The fraction of sp³-hybridized carbons (Fsp3) is 0.0909. The van der Waals surface area contributed by atoms with Gasteiger partial charge in [0, 0.05) is 17.8 Å². The number of nitrogens with two attached hydrogens (primary N) is 1. The largest absolute Gasteiger partial charge is 0.438 e. The average Bonchev–Trinajstić information content (AvgIpc) is 2.34. The zero-order chi connectivity index (χ0) is 13.1. The van der Waals surface area contributed by atoms with Crippen LogP contribution in [-0.2, 0) is 0 Å². The number of nitro benzene ring substituents is 1. The summed E-state index contributed by atoms with van der Waals surface area (Å²) >= 11 is 0. The summed E-state index contributed by atoms with van der Waals surface area (Å²) in [5.41, 5.74) is 6.09. The predicted octanol–water partition coefficient (Wildman–Crippen LogP) is 2.07. The summed E-state index contributed by atoms with van der Waals surface area (Å²) in [6.07, 6.45) is 1.52. The van der Waals surface area contributed by atoms with Gasteiger partial charge in [0.15, 0.2) is 0 Å². The van der Waals surface area contributed by atoms with E-state index < -0.39 is 4.92 Å². The molecule has 0 radical (unpaired) electrons. The highest BCUT2D eigenvalue weighted by Gasteiger charge is 2.09. The summed E-state index contributed by atoms with van der Waals surface area (Å²) < 4.78 is 5.45. The number of hydrogen-bond donors (Lipinski definition) is 1. The van der Waals surface area contributed by atoms with Crippen LogP contribution >= 0.6 is 0 Å². The maximum absolute atomic E-state index is 10.6. The fourth-order valence-electron chi connectivity index (χ4n) is 1.31. The van der Waals surface area contributed by atoms with Crippen molar-refractivity contribution in [1.29, 1.82) is 0 Å². The van der Waals surface area contributed by atoms with Gasteiger partial charge in [0.1, 0.15) is 5.75 Å². The molecule has 1 aromatic heterocycles. The Balaban J connectivity index is 2.31. The minimum atomic E-state index is -0.492. The Hall–Kier alpha value is -2.70. The molecule has 0 amide bonds. The molecular weight excluding hydrogens is 236 g/mol. The first-order valence-corrected chi connectivity index (χ1v) is 5.07. The van der Waals surface area contributed by atoms with Crippen LogP contribution in [0, 0.1) is 17.0 Å². The molecule has 0 aliphatic heterocycles. The molecule has 0 saturated carbocycles. The summed E-state index contributed by atoms with van der Waals surface area (Å²) in [4.78, 5) is 17.9. The molecule has 2 aromatic rings. The number of hydrogen-bond acceptors (Lipinski definition) is 6. The molecule has 7 heteroatoms. The van der Waals surface area contributed by atoms with E-state index in [1.54, 1.807) is 13.0 Å². The number of anilines is 1. The molecule has 0 aliphatic carbocycles. The standard InChI is InChI=1S/C11H10N4O3/c1-7-6-13-11(12)14-10(7)18-9-4-2-3-8(5-9)15(16)17/h2-6H,1H3,(H2,12,13,14). The lowest BCUT2D eigenvalue weighted by Crippen LogP contribution is -1.99. The van der Waals surface area contributed by atoms with Crippen molar-refractivity contribution >= 4 is 11.6 Å². The first-order chi connectivity index (χ1) is 8.56. The van der Waals surface area contributed by atoms with Gasteiger partial charge in [-0.05, 0) is 13.0 Å². The maximum Gasteiger partial charge on any atom is 0.273 e. The van der Waals surface area contributed by atoms with Crippen LogP contribution in [0.3, 0.4) is 0 Å². The number of nitrogens with zero attached hydrogens (tertiary/aromatic N) is 3. The van der Waals surface area contributed by atoms with Gasteiger partial charge in [-0.25, -0.2) is 4.98 Å². The fourth-order valence-corrected chi connectivity index (χ4v) is 1.31. The monoisotopic (exact) mass is 246 g/mol. The lowest BCUT2D eigenvalue weighted by atomic mass is 10.3. The SMILES string of the molecule is Cc1cnc(N)nc1Oc1cccc([N+](=O)[O-])c1. The highest BCUT2D eigenvalue weighted by Crippen LogP contribution is 2.25. The van der Waals surface area contributed by atoms with Crippen LogP contribution < -0.4 is 10.5 Å². The van der Waals surface area contributed by atoms with Crippen LogP contribution in [0.2, 0.25) is 0 Å². The third-order valence-corrected chi connectivity index (χ3v) is 2.19. The van der Waals surface area contributed by atoms with Gasteiger partial charge in [-0.1, -0.05) is 6.07 Å². The van der Waals surface area contributed by atoms with E-state index in [0.717, 1.165) is 0 Å². The number of rotatable bonds is 3. The third-order valence-electron chi connectivity index (χ3n) is 2.19. The molecule has 0 unspecified atom stereocenters. The third kappa shape index (κ3) is 2.51. The molecule has 1 heterocycles. The average molecular weight is 246 g/mol. The second kappa shape index (κ2) is 4.66. The van der Waals surface area contributed by atoms with E-state index in [0.29, 0.717) is 11.3 Å². The predicted molar refractivity (Wildman–Crippen MR) is 64.4 cm³/mol. The molecule has 0 bridgehead atoms. The Labute approximate surface area is 102 Å². The van der Waals surface area contributed by atoms with Crippen LogP contribution in [-0.4, -0.2) is 14.9 Å². The van der Waals surface area contributed by atoms with Gasteiger partial charge in [-0.3, -0.25) is 10.1 Å². The molecule has 18 heavy (non-hydrogen) atoms. The molecule has 7 nitrogen and oxygen atoms in total. The van der Waals surface area contributed by atoms with Gasteiger partial charge in [-0.2, -0.15) is 4.98 Å². The van der Waals surface area contributed by atoms with Gasteiger partial charge < -0.3 is 10.5 Å². The number of benzene rings is 1. The molecule has 92 valence electrons. The number of aromatic nitrogens is 2. The molecule has 0 saturated heterocycles. The summed E-state index contributed by atoms with van der Waals surface area (Å²) in [6.45, 7) is 1.76. The van der Waals surface area contributed by atoms with Crippen molar-refractivity contribution in [3.05, 3.63) is 46.1 Å². The van der Waals surface area contributed by atoms with E-state index in [9.17, 15) is 10.1 Å². The number of non-ortho nitro benzene ring substituents is 1. The lowest BCUT2D eigenvalue weighted by molar-refractivity contribution is -0.384. The van der Waals surface area contributed by atoms with Crippen LogP contribution in [0.15, 0.2) is 30.5 Å². The van der Waals surface area contributed by atoms with Gasteiger partial charge in [0.2, 0.25) is 11.8 Å². The van der Waals surface area contributed by atoms with Crippen LogP contribution in [0.1, 0.15) is 5.56 Å². The van der Waals surface area contributed by atoms with E-state index in [2.05, 4.69) is 9.97 Å². The topological polar surface area (TPSA) is 104 Å². The number of ether oxygens (including phenoxy) is 1. The minimum Gasteiger partial charge on any atom is -0.438 e. The summed E-state index contributed by atoms with van der Waals surface area (Å²) in [5.74, 6) is 0.689. The van der Waals surface area contributed by atoms with Crippen molar-refractivity contribution in [2.45, 2.75) is 6.92 Å². The van der Waals surface area contributed by atoms with Gasteiger partial charge in [0.25, 0.3) is 5.69 Å². The van der Waals surface area contributed by atoms with Crippen molar-refractivity contribution in [2.75, 3.05) is 5.73 Å². The quantitative estimate of drug-likeness (QED) is 0.656. The minimum absolute atomic E-state index is 0.0489. The van der Waals surface area contributed by atoms with Crippen LogP contribution in [0.25, 0.3) is 0 Å². The molecule has 2 N–H and O–H groups in total. The Morgan fingerprint density at radius 2 is 2.22 bits per heavy atom. The Kier molecular flexibility index (Phi) is 3.05.